The molecular weight excluding hydrogens is 310 g/mol. The molecule has 124 valence electrons. The first-order chi connectivity index (χ1) is 11.1. The van der Waals surface area contributed by atoms with E-state index in [1.165, 1.54) is 5.56 Å². The number of carbonyl (C=O) groups excluding carboxylic acids is 1. The fourth-order valence-corrected chi connectivity index (χ4v) is 4.57. The van der Waals surface area contributed by atoms with Gasteiger partial charge in [0.05, 0.1) is 5.41 Å². The van der Waals surface area contributed by atoms with E-state index >= 15 is 0 Å². The topological polar surface area (TPSA) is 57.6 Å². The fraction of sp³-hybridized carbons (Fsp3) is 0.556. The Balaban J connectivity index is 1.71. The number of fused-ring (bicyclic) bond motifs is 1. The Bertz CT molecular complexity index is 601. The largest absolute Gasteiger partial charge is 0.481 e. The number of aliphatic carboxylic acids is 1. The van der Waals surface area contributed by atoms with Gasteiger partial charge in [0.15, 0.2) is 0 Å². The Morgan fingerprint density at radius 2 is 2.09 bits per heavy atom. The van der Waals surface area contributed by atoms with Crippen LogP contribution in [0.25, 0.3) is 0 Å². The molecule has 1 aliphatic carbocycles. The van der Waals surface area contributed by atoms with Gasteiger partial charge in [0.2, 0.25) is 0 Å². The molecule has 0 radical (unpaired) electrons. The summed E-state index contributed by atoms with van der Waals surface area (Å²) in [5.74, 6) is 1.38. The molecule has 0 unspecified atom stereocenters. The summed E-state index contributed by atoms with van der Waals surface area (Å²) in [5.41, 5.74) is 1.18. The summed E-state index contributed by atoms with van der Waals surface area (Å²) in [6.07, 6.45) is 2.58. The molecule has 0 spiro atoms. The van der Waals surface area contributed by atoms with Gasteiger partial charge in [-0.15, -0.1) is 0 Å². The van der Waals surface area contributed by atoms with Crippen molar-refractivity contribution in [2.45, 2.75) is 31.9 Å². The van der Waals surface area contributed by atoms with Crippen molar-refractivity contribution in [2.24, 2.45) is 11.3 Å². The van der Waals surface area contributed by atoms with E-state index in [0.717, 1.165) is 24.3 Å². The Kier molecular flexibility index (Phi) is 4.67. The summed E-state index contributed by atoms with van der Waals surface area (Å²) in [6, 6.07) is 7.74. The quantitative estimate of drug-likeness (QED) is 0.898. The number of likely N-dealkylation sites (tertiary alicyclic amines) is 1. The lowest BCUT2D eigenvalue weighted by atomic mass is 9.81. The van der Waals surface area contributed by atoms with Crippen LogP contribution in [0.2, 0.25) is 0 Å². The minimum atomic E-state index is -0.734. The molecule has 0 bridgehead atoms. The Hall–Kier alpha value is -1.49. The summed E-state index contributed by atoms with van der Waals surface area (Å²) in [5, 5.41) is 9.62. The fourth-order valence-electron chi connectivity index (χ4n) is 3.94. The number of thioether (sulfide) groups is 1. The van der Waals surface area contributed by atoms with Crippen LogP contribution in [-0.2, 0) is 10.5 Å². The van der Waals surface area contributed by atoms with E-state index in [1.807, 2.05) is 36.0 Å². The highest BCUT2D eigenvalue weighted by Crippen LogP contribution is 2.49. The van der Waals surface area contributed by atoms with Crippen LogP contribution in [0.3, 0.4) is 0 Å². The molecule has 1 heterocycles. The minimum Gasteiger partial charge on any atom is -0.481 e. The highest BCUT2D eigenvalue weighted by Gasteiger charge is 2.55. The van der Waals surface area contributed by atoms with Crippen molar-refractivity contribution in [2.75, 3.05) is 18.8 Å². The second-order valence-electron chi connectivity index (χ2n) is 6.57. The van der Waals surface area contributed by atoms with Gasteiger partial charge in [-0.1, -0.05) is 25.5 Å². The van der Waals surface area contributed by atoms with Crippen molar-refractivity contribution in [1.29, 1.82) is 0 Å². The smallest absolute Gasteiger partial charge is 0.311 e. The highest BCUT2D eigenvalue weighted by molar-refractivity contribution is 7.98. The van der Waals surface area contributed by atoms with Gasteiger partial charge in [-0.05, 0) is 42.2 Å². The monoisotopic (exact) mass is 333 g/mol. The SMILES string of the molecule is CCSCc1ccc(C(=O)N2C[C@@H]3CCC[C@@]3(C(=O)O)C2)cc1. The van der Waals surface area contributed by atoms with E-state index in [4.69, 9.17) is 0 Å². The van der Waals surface area contributed by atoms with Crippen molar-refractivity contribution in [3.05, 3.63) is 35.4 Å². The molecule has 1 aromatic carbocycles. The Morgan fingerprint density at radius 3 is 2.70 bits per heavy atom. The van der Waals surface area contributed by atoms with Gasteiger partial charge in [0.1, 0.15) is 0 Å². The number of carboxylic acids is 1. The lowest BCUT2D eigenvalue weighted by Gasteiger charge is -2.23. The zero-order chi connectivity index (χ0) is 16.4. The standard InChI is InChI=1S/C18H23NO3S/c1-2-23-11-13-5-7-14(8-6-13)16(20)19-10-15-4-3-9-18(15,12-19)17(21)22/h5-8,15H,2-4,9-12H2,1H3,(H,21,22)/t15-,18+/m0/s1. The number of carboxylic acid groups (broad SMARTS) is 1. The van der Waals surface area contributed by atoms with E-state index in [1.54, 1.807) is 4.90 Å². The van der Waals surface area contributed by atoms with E-state index in [0.29, 0.717) is 25.1 Å². The maximum atomic E-state index is 12.7. The number of nitrogens with zero attached hydrogens (tertiary/aromatic N) is 1. The molecule has 2 atom stereocenters. The van der Waals surface area contributed by atoms with E-state index < -0.39 is 11.4 Å². The third-order valence-corrected chi connectivity index (χ3v) is 6.20. The van der Waals surface area contributed by atoms with Gasteiger partial charge >= 0.3 is 5.97 Å². The highest BCUT2D eigenvalue weighted by atomic mass is 32.2. The molecule has 1 N–H and O–H groups in total. The average Bonchev–Trinajstić information content (AvgIpc) is 3.11. The molecule has 1 aromatic rings. The third-order valence-electron chi connectivity index (χ3n) is 5.26. The van der Waals surface area contributed by atoms with Gasteiger partial charge < -0.3 is 10.0 Å². The van der Waals surface area contributed by atoms with Crippen LogP contribution >= 0.6 is 11.8 Å². The van der Waals surface area contributed by atoms with Gasteiger partial charge in [-0.3, -0.25) is 9.59 Å². The first-order valence-corrected chi connectivity index (χ1v) is 9.41. The average molecular weight is 333 g/mol. The minimum absolute atomic E-state index is 0.0327. The van der Waals surface area contributed by atoms with Crippen LogP contribution in [0.15, 0.2) is 24.3 Å². The van der Waals surface area contributed by atoms with Crippen molar-refractivity contribution in [1.82, 2.24) is 4.90 Å². The van der Waals surface area contributed by atoms with Crippen molar-refractivity contribution < 1.29 is 14.7 Å². The first-order valence-electron chi connectivity index (χ1n) is 8.26. The van der Waals surface area contributed by atoms with Crippen molar-refractivity contribution in [3.63, 3.8) is 0 Å². The number of benzene rings is 1. The van der Waals surface area contributed by atoms with Gasteiger partial charge in [0.25, 0.3) is 5.91 Å². The van der Waals surface area contributed by atoms with E-state index in [-0.39, 0.29) is 11.8 Å². The summed E-state index contributed by atoms with van der Waals surface area (Å²) in [7, 11) is 0. The number of hydrogen-bond donors (Lipinski definition) is 1. The molecule has 4 nitrogen and oxygen atoms in total. The Labute approximate surface area is 141 Å². The second-order valence-corrected chi connectivity index (χ2v) is 7.84. The lowest BCUT2D eigenvalue weighted by Crippen LogP contribution is -2.37. The summed E-state index contributed by atoms with van der Waals surface area (Å²) >= 11 is 1.85. The summed E-state index contributed by atoms with van der Waals surface area (Å²) in [4.78, 5) is 26.2. The molecule has 1 aliphatic heterocycles. The maximum absolute atomic E-state index is 12.7. The molecule has 1 amide bonds. The number of rotatable bonds is 5. The number of amides is 1. The van der Waals surface area contributed by atoms with E-state index in [9.17, 15) is 14.7 Å². The van der Waals surface area contributed by atoms with Gasteiger partial charge in [-0.2, -0.15) is 11.8 Å². The van der Waals surface area contributed by atoms with Crippen molar-refractivity contribution >= 4 is 23.6 Å². The summed E-state index contributed by atoms with van der Waals surface area (Å²) < 4.78 is 0. The zero-order valence-corrected chi connectivity index (χ0v) is 14.3. The van der Waals surface area contributed by atoms with E-state index in [2.05, 4.69) is 6.92 Å². The maximum Gasteiger partial charge on any atom is 0.311 e. The van der Waals surface area contributed by atoms with Crippen molar-refractivity contribution in [3.8, 4) is 0 Å². The number of hydrogen-bond acceptors (Lipinski definition) is 3. The van der Waals surface area contributed by atoms with Gasteiger partial charge in [0, 0.05) is 24.4 Å². The molecule has 5 heteroatoms. The van der Waals surface area contributed by atoms with Gasteiger partial charge in [-0.25, -0.2) is 0 Å². The Morgan fingerprint density at radius 1 is 1.35 bits per heavy atom. The number of carbonyl (C=O) groups is 2. The predicted octanol–water partition coefficient (Wildman–Crippen LogP) is 3.27. The van der Waals surface area contributed by atoms with Crippen LogP contribution in [-0.4, -0.2) is 40.7 Å². The first kappa shape index (κ1) is 16.4. The zero-order valence-electron chi connectivity index (χ0n) is 13.5. The van der Waals surface area contributed by atoms with Crippen LogP contribution in [0.5, 0.6) is 0 Å². The normalized spacial score (nSPS) is 26.3. The molecule has 3 rings (SSSR count). The summed E-state index contributed by atoms with van der Waals surface area (Å²) in [6.45, 7) is 3.07. The molecule has 2 aliphatic rings. The predicted molar refractivity (Wildman–Crippen MR) is 91.6 cm³/mol. The molecule has 1 saturated heterocycles. The molecule has 1 saturated carbocycles. The lowest BCUT2D eigenvalue weighted by molar-refractivity contribution is -0.149. The van der Waals surface area contributed by atoms with Crippen LogP contribution in [0.1, 0.15) is 42.1 Å². The molecular formula is C18H23NO3S. The molecule has 2 fully saturated rings. The van der Waals surface area contributed by atoms with Crippen LogP contribution in [0, 0.1) is 11.3 Å². The second kappa shape index (κ2) is 6.56. The van der Waals surface area contributed by atoms with Crippen LogP contribution < -0.4 is 0 Å². The molecule has 23 heavy (non-hydrogen) atoms. The third kappa shape index (κ3) is 2.99. The van der Waals surface area contributed by atoms with Crippen LogP contribution in [0.4, 0.5) is 0 Å². The molecule has 0 aromatic heterocycles.